The van der Waals surface area contributed by atoms with Gasteiger partial charge < -0.3 is 2.85 Å². The van der Waals surface area contributed by atoms with Crippen LogP contribution in [0.1, 0.15) is 2.85 Å². The molecule has 24 valence electrons. The van der Waals surface area contributed by atoms with Crippen LogP contribution in [0.4, 0.5) is 0 Å². The summed E-state index contributed by atoms with van der Waals surface area (Å²) in [6.45, 7) is 0. The maximum absolute atomic E-state index is 0. The topological polar surface area (TPSA) is 0 Å². The molecule has 0 radical (unpaired) electrons. The van der Waals surface area contributed by atoms with Crippen molar-refractivity contribution in [2.24, 2.45) is 0 Å². The van der Waals surface area contributed by atoms with Gasteiger partial charge in [0.1, 0.15) is 0 Å². The molecule has 0 bridgehead atoms. The number of rotatable bonds is 0. The first-order chi connectivity index (χ1) is 0. The monoisotopic (exact) mass is 418 g/mol. The molecule has 0 spiro atoms. The second-order valence-electron chi connectivity index (χ2n) is 0. The van der Waals surface area contributed by atoms with Gasteiger partial charge in [-0.2, -0.15) is 0 Å². The van der Waals surface area contributed by atoms with Gasteiger partial charge in [0, 0.05) is 46.8 Å². The molecule has 0 atom stereocenters. The third-order valence-corrected chi connectivity index (χ3v) is 0. The fourth-order valence-corrected chi connectivity index (χ4v) is 0. The van der Waals surface area contributed by atoms with E-state index in [1.165, 1.54) is 0 Å². The third-order valence-electron chi connectivity index (χ3n) is 0. The first-order valence-electron chi connectivity index (χ1n) is 0. The van der Waals surface area contributed by atoms with Gasteiger partial charge in [0.05, 0.1) is 0 Å². The summed E-state index contributed by atoms with van der Waals surface area (Å²) in [5.41, 5.74) is 0. The van der Waals surface area contributed by atoms with Crippen LogP contribution in [0, 0.1) is 0 Å². The van der Waals surface area contributed by atoms with E-state index >= 15 is 0 Å². The number of hydrogen-bond acceptors (Lipinski definition) is 0. The smallest absolute Gasteiger partial charge is 0 e. The molecule has 0 aliphatic carbocycles. The molecular weight excluding hydrogens is 409 g/mol. The Morgan fingerprint density at radius 3 is 1.20 bits per heavy atom. The van der Waals surface area contributed by atoms with Crippen LogP contribution in [0.25, 0.3) is 0 Å². The first kappa shape index (κ1) is 38.2. The van der Waals surface area contributed by atoms with Crippen LogP contribution in [0.15, 0.2) is 0 Å². The Bertz CT molecular complexity index is 17.7. The predicted octanol–water partition coefficient (Wildman–Crippen LogP) is -1.99. The molecular formula is H6CdMgSeTeZn. The zero-order valence-electron chi connectivity index (χ0n) is 5.12. The van der Waals surface area contributed by atoms with E-state index in [2.05, 4.69) is 0 Å². The molecule has 0 aromatic heterocycles. The van der Waals surface area contributed by atoms with Gasteiger partial charge >= 0.3 is 63.8 Å². The average Bonchev–Trinajstić information content (AvgIpc) is 0. The van der Waals surface area contributed by atoms with Crippen molar-refractivity contribution in [1.29, 1.82) is 0 Å². The second kappa shape index (κ2) is 25.5. The maximum atomic E-state index is 0. The SMILES string of the molecule is [Cd].[H-].[H-].[Mg+2].[SeH2].[TeH2].[Zn]. The Morgan fingerprint density at radius 1 is 1.20 bits per heavy atom. The molecule has 0 aliphatic rings. The van der Waals surface area contributed by atoms with Crippen LogP contribution in [0.5, 0.6) is 0 Å². The molecule has 0 rings (SSSR count). The van der Waals surface area contributed by atoms with Crippen molar-refractivity contribution in [1.82, 2.24) is 0 Å². The van der Waals surface area contributed by atoms with E-state index in [1.807, 2.05) is 0 Å². The van der Waals surface area contributed by atoms with Crippen LogP contribution in [-0.4, -0.2) is 63.8 Å². The molecule has 0 unspecified atom stereocenters. The van der Waals surface area contributed by atoms with Crippen molar-refractivity contribution < 1.29 is 49.6 Å². The Balaban J connectivity index is 0. The van der Waals surface area contributed by atoms with E-state index in [4.69, 9.17) is 0 Å². The fraction of sp³-hybridized carbons (Fsp3) is 0. The second-order valence-corrected chi connectivity index (χ2v) is 0. The summed E-state index contributed by atoms with van der Waals surface area (Å²) < 4.78 is 0. The predicted molar refractivity (Wildman–Crippen MR) is 25.1 cm³/mol. The summed E-state index contributed by atoms with van der Waals surface area (Å²) >= 11 is 0. The van der Waals surface area contributed by atoms with Gasteiger partial charge in [-0.15, -0.1) is 0 Å². The van der Waals surface area contributed by atoms with E-state index in [9.17, 15) is 0 Å². The third kappa shape index (κ3) is 18.4. The van der Waals surface area contributed by atoms with E-state index < -0.39 is 0 Å². The van der Waals surface area contributed by atoms with Crippen LogP contribution in [0.2, 0.25) is 0 Å². The van der Waals surface area contributed by atoms with E-state index in [0.29, 0.717) is 0 Å². The van der Waals surface area contributed by atoms with Crippen LogP contribution in [-0.2, 0) is 46.8 Å². The van der Waals surface area contributed by atoms with Crippen molar-refractivity contribution in [3.05, 3.63) is 0 Å². The molecule has 0 saturated carbocycles. The van der Waals surface area contributed by atoms with Gasteiger partial charge in [-0.3, -0.25) is 0 Å². The molecule has 5 heteroatoms. The summed E-state index contributed by atoms with van der Waals surface area (Å²) in [5, 5.41) is 0. The Labute approximate surface area is 111 Å². The summed E-state index contributed by atoms with van der Waals surface area (Å²) in [7, 11) is 0. The minimum Gasteiger partial charge on any atom is 0 e. The molecule has 5 heavy (non-hydrogen) atoms. The van der Waals surface area contributed by atoms with Crippen LogP contribution >= 0.6 is 0 Å². The summed E-state index contributed by atoms with van der Waals surface area (Å²) in [6.07, 6.45) is 0. The van der Waals surface area contributed by atoms with Gasteiger partial charge in [0.25, 0.3) is 0 Å². The van der Waals surface area contributed by atoms with Gasteiger partial charge in [0.2, 0.25) is 0 Å². The van der Waals surface area contributed by atoms with Crippen molar-refractivity contribution in [2.45, 2.75) is 0 Å². The van der Waals surface area contributed by atoms with Gasteiger partial charge in [-0.1, -0.05) is 0 Å². The van der Waals surface area contributed by atoms with Crippen LogP contribution < -0.4 is 0 Å². The molecule has 0 aliphatic heterocycles. The Kier molecular flexibility index (Phi) is 195. The molecule has 0 aromatic carbocycles. The number of hydrogen-bond donors (Lipinski definition) is 0. The van der Waals surface area contributed by atoms with Gasteiger partial charge in [-0.05, 0) is 0 Å². The largest absolute Gasteiger partial charge is 0 e. The van der Waals surface area contributed by atoms with E-state index in [0.717, 1.165) is 0 Å². The van der Waals surface area contributed by atoms with E-state index in [-0.39, 0.29) is 113 Å². The normalized spacial score (nSPS) is 0. The zero-order valence-corrected chi connectivity index (χ0v) is 16.5. The first-order valence-corrected chi connectivity index (χ1v) is 0. The molecule has 0 N–H and O–H groups in total. The molecule has 0 amide bonds. The van der Waals surface area contributed by atoms with E-state index in [1.54, 1.807) is 0 Å². The standard InChI is InChI=1S/Cd.Mg.H2Se.H2Te.Zn.2H/h;;2*1H2;;;/q;+2;;;;2*-1. The Morgan fingerprint density at radius 2 is 1.20 bits per heavy atom. The molecule has 0 saturated heterocycles. The minimum atomic E-state index is 0. The summed E-state index contributed by atoms with van der Waals surface area (Å²) in [5.74, 6) is 0. The summed E-state index contributed by atoms with van der Waals surface area (Å²) in [6, 6.07) is 0. The zero-order chi connectivity index (χ0) is 0. The molecule has 0 nitrogen and oxygen atoms in total. The maximum Gasteiger partial charge on any atom is 0 e. The molecule has 0 heterocycles. The van der Waals surface area contributed by atoms with Crippen molar-refractivity contribution in [3.8, 4) is 0 Å². The van der Waals surface area contributed by atoms with Crippen molar-refractivity contribution >= 4 is 63.8 Å². The quantitative estimate of drug-likeness (QED) is 0.403. The molecule has 0 aromatic rings. The fourth-order valence-electron chi connectivity index (χ4n) is 0. The van der Waals surface area contributed by atoms with Crippen molar-refractivity contribution in [2.75, 3.05) is 0 Å². The minimum absolute atomic E-state index is 0. The Hall–Kier alpha value is 3.62. The molecule has 0 fully saturated rings. The van der Waals surface area contributed by atoms with Crippen molar-refractivity contribution in [3.63, 3.8) is 0 Å². The summed E-state index contributed by atoms with van der Waals surface area (Å²) in [4.78, 5) is 0. The van der Waals surface area contributed by atoms with Gasteiger partial charge in [-0.25, -0.2) is 0 Å². The average molecular weight is 415 g/mol. The van der Waals surface area contributed by atoms with Crippen LogP contribution in [0.3, 0.4) is 0 Å². The van der Waals surface area contributed by atoms with Gasteiger partial charge in [0.15, 0.2) is 0 Å².